The van der Waals surface area contributed by atoms with Gasteiger partial charge in [-0.1, -0.05) is 12.1 Å². The maximum Gasteiger partial charge on any atom is 0.307 e. The summed E-state index contributed by atoms with van der Waals surface area (Å²) in [5, 5.41) is 10.1. The average molecular weight is 295 g/mol. The van der Waals surface area contributed by atoms with Crippen molar-refractivity contribution >= 4 is 5.97 Å². The highest BCUT2D eigenvalue weighted by Crippen LogP contribution is 2.30. The van der Waals surface area contributed by atoms with E-state index in [1.54, 1.807) is 21.0 Å². The van der Waals surface area contributed by atoms with E-state index in [0.29, 0.717) is 6.42 Å². The molecular weight excluding hydrogens is 270 g/mol. The summed E-state index contributed by atoms with van der Waals surface area (Å²) < 4.78 is 9.81. The smallest absolute Gasteiger partial charge is 0.307 e. The molecule has 118 valence electrons. The lowest BCUT2D eigenvalue weighted by Crippen LogP contribution is -2.36. The Balaban J connectivity index is 2.97. The molecule has 21 heavy (non-hydrogen) atoms. The van der Waals surface area contributed by atoms with Crippen LogP contribution in [-0.2, 0) is 9.53 Å². The average Bonchev–Trinajstić information content (AvgIpc) is 2.43. The highest BCUT2D eigenvalue weighted by molar-refractivity contribution is 5.70. The molecule has 0 heterocycles. The lowest BCUT2D eigenvalue weighted by molar-refractivity contribution is -0.141. The first kappa shape index (κ1) is 17.5. The fourth-order valence-electron chi connectivity index (χ4n) is 2.32. The fourth-order valence-corrected chi connectivity index (χ4v) is 2.32. The van der Waals surface area contributed by atoms with E-state index in [4.69, 9.17) is 10.5 Å². The number of benzene rings is 1. The molecule has 0 spiro atoms. The van der Waals surface area contributed by atoms with Crippen LogP contribution in [-0.4, -0.2) is 36.9 Å². The molecule has 0 aliphatic rings. The molecule has 5 heteroatoms. The van der Waals surface area contributed by atoms with Crippen molar-refractivity contribution in [3.8, 4) is 5.75 Å². The summed E-state index contributed by atoms with van der Waals surface area (Å²) >= 11 is 0. The predicted molar refractivity (Wildman–Crippen MR) is 81.3 cm³/mol. The van der Waals surface area contributed by atoms with Crippen molar-refractivity contribution in [1.29, 1.82) is 0 Å². The molecule has 0 radical (unpaired) electrons. The quantitative estimate of drug-likeness (QED) is 0.750. The van der Waals surface area contributed by atoms with Crippen LogP contribution in [0, 0.1) is 0 Å². The largest absolute Gasteiger partial charge is 0.497 e. The molecule has 1 aromatic rings. The van der Waals surface area contributed by atoms with E-state index < -0.39 is 11.6 Å². The topological polar surface area (TPSA) is 81.8 Å². The molecule has 1 rings (SSSR count). The zero-order chi connectivity index (χ0) is 16.0. The number of methoxy groups -OCH3 is 2. The molecule has 0 aliphatic carbocycles. The first-order valence-electron chi connectivity index (χ1n) is 6.95. The number of esters is 1. The molecule has 0 saturated heterocycles. The van der Waals surface area contributed by atoms with Crippen LogP contribution >= 0.6 is 0 Å². The van der Waals surface area contributed by atoms with Crippen molar-refractivity contribution in [3.63, 3.8) is 0 Å². The van der Waals surface area contributed by atoms with Crippen molar-refractivity contribution in [1.82, 2.24) is 0 Å². The summed E-state index contributed by atoms with van der Waals surface area (Å²) in [6.45, 7) is 3.46. The molecular formula is C16H25NO4. The van der Waals surface area contributed by atoms with E-state index in [9.17, 15) is 9.90 Å². The van der Waals surface area contributed by atoms with Crippen LogP contribution in [0.4, 0.5) is 0 Å². The van der Waals surface area contributed by atoms with Gasteiger partial charge in [-0.15, -0.1) is 0 Å². The van der Waals surface area contributed by atoms with Crippen LogP contribution < -0.4 is 10.5 Å². The third kappa shape index (κ3) is 5.73. The van der Waals surface area contributed by atoms with Crippen molar-refractivity contribution in [2.24, 2.45) is 5.73 Å². The zero-order valence-electron chi connectivity index (χ0n) is 13.1. The minimum absolute atomic E-state index is 0.114. The summed E-state index contributed by atoms with van der Waals surface area (Å²) in [4.78, 5) is 11.4. The van der Waals surface area contributed by atoms with Gasteiger partial charge in [0.2, 0.25) is 0 Å². The van der Waals surface area contributed by atoms with E-state index in [1.807, 2.05) is 24.3 Å². The molecule has 0 fully saturated rings. The number of ether oxygens (including phenoxy) is 2. The van der Waals surface area contributed by atoms with Gasteiger partial charge in [0.1, 0.15) is 5.75 Å². The van der Waals surface area contributed by atoms with Crippen molar-refractivity contribution in [2.75, 3.05) is 14.2 Å². The van der Waals surface area contributed by atoms with E-state index in [0.717, 1.165) is 11.3 Å². The molecule has 3 N–H and O–H groups in total. The Morgan fingerprint density at radius 3 is 2.29 bits per heavy atom. The Kier molecular flexibility index (Phi) is 6.18. The Labute approximate surface area is 126 Å². The molecule has 2 atom stereocenters. The Hall–Kier alpha value is -1.59. The standard InChI is InChI=1S/C16H25NO4/c1-16(2,19)10-13(14(17)9-15(18)21-4)11-5-7-12(20-3)8-6-11/h5-8,13-14,19H,9-10,17H2,1-4H3/t13-,14-/m0/s1. The maximum absolute atomic E-state index is 11.4. The van der Waals surface area contributed by atoms with Gasteiger partial charge in [-0.25, -0.2) is 0 Å². The number of hydrogen-bond acceptors (Lipinski definition) is 5. The molecule has 0 aliphatic heterocycles. The van der Waals surface area contributed by atoms with Crippen molar-refractivity contribution in [2.45, 2.75) is 44.2 Å². The summed E-state index contributed by atoms with van der Waals surface area (Å²) in [6, 6.07) is 7.09. The Bertz CT molecular complexity index is 450. The number of hydrogen-bond donors (Lipinski definition) is 2. The van der Waals surface area contributed by atoms with Crippen molar-refractivity contribution < 1.29 is 19.4 Å². The molecule has 1 aromatic carbocycles. The number of nitrogens with two attached hydrogens (primary N) is 1. The summed E-state index contributed by atoms with van der Waals surface area (Å²) in [5.74, 6) is 0.258. The van der Waals surface area contributed by atoms with Crippen LogP contribution in [0.5, 0.6) is 5.75 Å². The van der Waals surface area contributed by atoms with Gasteiger partial charge in [0, 0.05) is 12.0 Å². The monoisotopic (exact) mass is 295 g/mol. The highest BCUT2D eigenvalue weighted by atomic mass is 16.5. The molecule has 0 saturated carbocycles. The lowest BCUT2D eigenvalue weighted by atomic mass is 9.82. The van der Waals surface area contributed by atoms with E-state index in [2.05, 4.69) is 4.74 Å². The molecule has 0 amide bonds. The molecule has 5 nitrogen and oxygen atoms in total. The third-order valence-corrected chi connectivity index (χ3v) is 3.41. The second kappa shape index (κ2) is 7.43. The number of carbonyl (C=O) groups is 1. The van der Waals surface area contributed by atoms with Crippen molar-refractivity contribution in [3.05, 3.63) is 29.8 Å². The van der Waals surface area contributed by atoms with Crippen LogP contribution in [0.1, 0.15) is 38.2 Å². The molecule has 0 bridgehead atoms. The first-order valence-corrected chi connectivity index (χ1v) is 6.95. The fraction of sp³-hybridized carbons (Fsp3) is 0.562. The van der Waals surface area contributed by atoms with Gasteiger partial charge < -0.3 is 20.3 Å². The normalized spacial score (nSPS) is 14.4. The predicted octanol–water partition coefficient (Wildman–Crippen LogP) is 1.83. The SMILES string of the molecule is COC(=O)C[C@H](N)[C@@H](CC(C)(C)O)c1ccc(OC)cc1. The summed E-state index contributed by atoms with van der Waals surface area (Å²) in [6.07, 6.45) is 0.570. The zero-order valence-corrected chi connectivity index (χ0v) is 13.1. The van der Waals surface area contributed by atoms with Crippen LogP contribution in [0.25, 0.3) is 0 Å². The Morgan fingerprint density at radius 1 is 1.29 bits per heavy atom. The van der Waals surface area contributed by atoms with Crippen LogP contribution in [0.3, 0.4) is 0 Å². The second-order valence-corrected chi connectivity index (χ2v) is 5.84. The van der Waals surface area contributed by atoms with Gasteiger partial charge in [0.25, 0.3) is 0 Å². The van der Waals surface area contributed by atoms with Gasteiger partial charge in [-0.05, 0) is 38.0 Å². The van der Waals surface area contributed by atoms with Gasteiger partial charge >= 0.3 is 5.97 Å². The van der Waals surface area contributed by atoms with Crippen LogP contribution in [0.15, 0.2) is 24.3 Å². The van der Waals surface area contributed by atoms with Gasteiger partial charge in [-0.2, -0.15) is 0 Å². The third-order valence-electron chi connectivity index (χ3n) is 3.41. The van der Waals surface area contributed by atoms with E-state index in [-0.39, 0.29) is 18.3 Å². The number of carbonyl (C=O) groups excluding carboxylic acids is 1. The van der Waals surface area contributed by atoms with Gasteiger partial charge in [-0.3, -0.25) is 4.79 Å². The van der Waals surface area contributed by atoms with Crippen LogP contribution in [0.2, 0.25) is 0 Å². The number of aliphatic hydroxyl groups is 1. The molecule has 0 aromatic heterocycles. The van der Waals surface area contributed by atoms with E-state index in [1.165, 1.54) is 7.11 Å². The highest BCUT2D eigenvalue weighted by Gasteiger charge is 2.28. The summed E-state index contributed by atoms with van der Waals surface area (Å²) in [5.41, 5.74) is 6.25. The first-order chi connectivity index (χ1) is 9.76. The minimum Gasteiger partial charge on any atom is -0.497 e. The maximum atomic E-state index is 11.4. The number of rotatable bonds is 7. The summed E-state index contributed by atoms with van der Waals surface area (Å²) in [7, 11) is 2.94. The Morgan fingerprint density at radius 2 is 1.86 bits per heavy atom. The molecule has 0 unspecified atom stereocenters. The van der Waals surface area contributed by atoms with Gasteiger partial charge in [0.05, 0.1) is 26.2 Å². The minimum atomic E-state index is -0.877. The van der Waals surface area contributed by atoms with E-state index >= 15 is 0 Å². The van der Waals surface area contributed by atoms with Gasteiger partial charge in [0.15, 0.2) is 0 Å². The second-order valence-electron chi connectivity index (χ2n) is 5.84. The lowest BCUT2D eigenvalue weighted by Gasteiger charge is -2.29.